The standard InChI is InChI=1S/C12H15BrF3NO3S/c13-10-7-9(8-18)3-4-11(10)21(19,20)17-6-2-1-5-12(14,15)16/h3-4,7,17-18H,1-2,5-6,8H2. The van der Waals surface area contributed by atoms with E-state index in [0.717, 1.165) is 0 Å². The maximum absolute atomic E-state index is 12.0. The molecule has 0 aliphatic heterocycles. The largest absolute Gasteiger partial charge is 0.392 e. The maximum atomic E-state index is 12.0. The number of alkyl halides is 3. The summed E-state index contributed by atoms with van der Waals surface area (Å²) in [5.74, 6) is 0. The maximum Gasteiger partial charge on any atom is 0.389 e. The molecule has 2 N–H and O–H groups in total. The number of aliphatic hydroxyl groups is 1. The number of rotatable bonds is 7. The Labute approximate surface area is 129 Å². The first-order valence-corrected chi connectivity index (χ1v) is 8.39. The number of aliphatic hydroxyl groups excluding tert-OH is 1. The van der Waals surface area contributed by atoms with Gasteiger partial charge in [-0.25, -0.2) is 13.1 Å². The van der Waals surface area contributed by atoms with Gasteiger partial charge in [0.15, 0.2) is 0 Å². The van der Waals surface area contributed by atoms with Gasteiger partial charge in [0.2, 0.25) is 10.0 Å². The normalized spacial score (nSPS) is 12.6. The minimum Gasteiger partial charge on any atom is -0.392 e. The van der Waals surface area contributed by atoms with Gasteiger partial charge in [0, 0.05) is 17.4 Å². The number of hydrogen-bond donors (Lipinski definition) is 2. The van der Waals surface area contributed by atoms with Crippen molar-refractivity contribution in [3.8, 4) is 0 Å². The molecule has 4 nitrogen and oxygen atoms in total. The van der Waals surface area contributed by atoms with Crippen molar-refractivity contribution >= 4 is 26.0 Å². The quantitative estimate of drug-likeness (QED) is 0.704. The van der Waals surface area contributed by atoms with Gasteiger partial charge >= 0.3 is 6.18 Å². The van der Waals surface area contributed by atoms with E-state index in [-0.39, 0.29) is 35.4 Å². The third kappa shape index (κ3) is 6.33. The summed E-state index contributed by atoms with van der Waals surface area (Å²) >= 11 is 3.09. The summed E-state index contributed by atoms with van der Waals surface area (Å²) in [5, 5.41) is 8.94. The van der Waals surface area contributed by atoms with Crippen LogP contribution >= 0.6 is 15.9 Å². The molecule has 0 heterocycles. The second-order valence-corrected chi connectivity index (χ2v) is 6.98. The zero-order valence-corrected chi connectivity index (χ0v) is 13.4. The van der Waals surface area contributed by atoms with Gasteiger partial charge in [0.05, 0.1) is 11.5 Å². The molecular weight excluding hydrogens is 375 g/mol. The van der Waals surface area contributed by atoms with Crippen molar-refractivity contribution in [3.63, 3.8) is 0 Å². The Morgan fingerprint density at radius 2 is 1.90 bits per heavy atom. The summed E-state index contributed by atoms with van der Waals surface area (Å²) in [4.78, 5) is -0.0180. The average molecular weight is 390 g/mol. The van der Waals surface area contributed by atoms with Crippen LogP contribution in [0, 0.1) is 0 Å². The molecular formula is C12H15BrF3NO3S. The van der Waals surface area contributed by atoms with E-state index in [1.54, 1.807) is 0 Å². The summed E-state index contributed by atoms with van der Waals surface area (Å²) in [5.41, 5.74) is 0.547. The third-order valence-electron chi connectivity index (χ3n) is 2.65. The van der Waals surface area contributed by atoms with Crippen molar-refractivity contribution in [3.05, 3.63) is 28.2 Å². The molecule has 0 aromatic heterocycles. The molecule has 0 bridgehead atoms. The molecule has 0 fully saturated rings. The highest BCUT2D eigenvalue weighted by Gasteiger charge is 2.26. The number of benzene rings is 1. The van der Waals surface area contributed by atoms with Crippen molar-refractivity contribution in [2.24, 2.45) is 0 Å². The molecule has 0 radical (unpaired) electrons. The molecule has 21 heavy (non-hydrogen) atoms. The topological polar surface area (TPSA) is 66.4 Å². The van der Waals surface area contributed by atoms with Crippen LogP contribution in [-0.4, -0.2) is 26.2 Å². The van der Waals surface area contributed by atoms with Gasteiger partial charge in [0.1, 0.15) is 0 Å². The highest BCUT2D eigenvalue weighted by Crippen LogP contribution is 2.24. The highest BCUT2D eigenvalue weighted by molar-refractivity contribution is 9.10. The Kier molecular flexibility index (Phi) is 6.64. The van der Waals surface area contributed by atoms with Crippen LogP contribution < -0.4 is 4.72 Å². The number of sulfonamides is 1. The molecule has 0 saturated carbocycles. The van der Waals surface area contributed by atoms with E-state index in [1.807, 2.05) is 0 Å². The van der Waals surface area contributed by atoms with Crippen LogP contribution in [0.3, 0.4) is 0 Å². The van der Waals surface area contributed by atoms with Gasteiger partial charge in [-0.05, 0) is 46.5 Å². The molecule has 1 aromatic carbocycles. The molecule has 1 rings (SSSR count). The molecule has 0 aliphatic carbocycles. The first-order valence-electron chi connectivity index (χ1n) is 6.11. The Bertz CT molecular complexity index is 576. The smallest absolute Gasteiger partial charge is 0.389 e. The van der Waals surface area contributed by atoms with E-state index in [1.165, 1.54) is 18.2 Å². The molecule has 0 aliphatic rings. The summed E-state index contributed by atoms with van der Waals surface area (Å²) in [6.45, 7) is -0.281. The van der Waals surface area contributed by atoms with Gasteiger partial charge in [-0.15, -0.1) is 0 Å². The fourth-order valence-corrected chi connectivity index (χ4v) is 3.79. The predicted octanol–water partition coefficient (Wildman–Crippen LogP) is 2.95. The molecule has 9 heteroatoms. The fraction of sp³-hybridized carbons (Fsp3) is 0.500. The molecule has 0 saturated heterocycles. The predicted molar refractivity (Wildman–Crippen MR) is 75.2 cm³/mol. The number of nitrogens with one attached hydrogen (secondary N) is 1. The number of hydrogen-bond acceptors (Lipinski definition) is 3. The van der Waals surface area contributed by atoms with Crippen LogP contribution in [0.25, 0.3) is 0 Å². The number of unbranched alkanes of at least 4 members (excludes halogenated alkanes) is 1. The Morgan fingerprint density at radius 3 is 2.43 bits per heavy atom. The van der Waals surface area contributed by atoms with E-state index in [4.69, 9.17) is 5.11 Å². The molecule has 0 spiro atoms. The van der Waals surface area contributed by atoms with Gasteiger partial charge in [-0.2, -0.15) is 13.2 Å². The van der Waals surface area contributed by atoms with Gasteiger partial charge < -0.3 is 5.11 Å². The molecule has 0 amide bonds. The van der Waals surface area contributed by atoms with Crippen LogP contribution in [0.5, 0.6) is 0 Å². The lowest BCUT2D eigenvalue weighted by Crippen LogP contribution is -2.25. The van der Waals surface area contributed by atoms with E-state index in [2.05, 4.69) is 20.7 Å². The van der Waals surface area contributed by atoms with Gasteiger partial charge in [-0.1, -0.05) is 6.07 Å². The Hall–Kier alpha value is -0.640. The summed E-state index contributed by atoms with van der Waals surface area (Å²) in [6, 6.07) is 4.26. The monoisotopic (exact) mass is 389 g/mol. The van der Waals surface area contributed by atoms with Gasteiger partial charge in [-0.3, -0.25) is 0 Å². The fourth-order valence-electron chi connectivity index (χ4n) is 1.60. The minimum atomic E-state index is -4.22. The van der Waals surface area contributed by atoms with Crippen molar-refractivity contribution in [1.29, 1.82) is 0 Å². The van der Waals surface area contributed by atoms with Crippen LogP contribution in [-0.2, 0) is 16.6 Å². The van der Waals surface area contributed by atoms with Crippen molar-refractivity contribution in [2.75, 3.05) is 6.54 Å². The SMILES string of the molecule is O=S(=O)(NCCCCC(F)(F)F)c1ccc(CO)cc1Br. The molecule has 0 unspecified atom stereocenters. The first kappa shape index (κ1) is 18.4. The van der Waals surface area contributed by atoms with E-state index in [9.17, 15) is 21.6 Å². The second-order valence-electron chi connectivity index (χ2n) is 4.39. The van der Waals surface area contributed by atoms with E-state index in [0.29, 0.717) is 5.56 Å². The second kappa shape index (κ2) is 7.57. The summed E-state index contributed by atoms with van der Waals surface area (Å²) < 4.78 is 62.3. The summed E-state index contributed by atoms with van der Waals surface area (Å²) in [7, 11) is -3.79. The summed E-state index contributed by atoms with van der Waals surface area (Å²) in [6.07, 6.45) is -5.17. The van der Waals surface area contributed by atoms with E-state index >= 15 is 0 Å². The highest BCUT2D eigenvalue weighted by atomic mass is 79.9. The van der Waals surface area contributed by atoms with Crippen molar-refractivity contribution in [1.82, 2.24) is 4.72 Å². The lowest BCUT2D eigenvalue weighted by Gasteiger charge is -2.10. The molecule has 1 aromatic rings. The molecule has 0 atom stereocenters. The van der Waals surface area contributed by atoms with Crippen LogP contribution in [0.2, 0.25) is 0 Å². The van der Waals surface area contributed by atoms with Gasteiger partial charge in [0.25, 0.3) is 0 Å². The molecule has 120 valence electrons. The zero-order chi connectivity index (χ0) is 16.1. The third-order valence-corrected chi connectivity index (χ3v) is 5.09. The van der Waals surface area contributed by atoms with Crippen molar-refractivity contribution < 1.29 is 26.7 Å². The van der Waals surface area contributed by atoms with Crippen LogP contribution in [0.1, 0.15) is 24.8 Å². The van der Waals surface area contributed by atoms with Crippen LogP contribution in [0.4, 0.5) is 13.2 Å². The van der Waals surface area contributed by atoms with Crippen LogP contribution in [0.15, 0.2) is 27.6 Å². The number of halogens is 4. The Morgan fingerprint density at radius 1 is 1.24 bits per heavy atom. The van der Waals surface area contributed by atoms with E-state index < -0.39 is 22.6 Å². The average Bonchev–Trinajstić information content (AvgIpc) is 2.36. The zero-order valence-electron chi connectivity index (χ0n) is 11.0. The lowest BCUT2D eigenvalue weighted by molar-refractivity contribution is -0.135. The lowest BCUT2D eigenvalue weighted by atomic mass is 10.2. The van der Waals surface area contributed by atoms with Crippen molar-refractivity contribution in [2.45, 2.75) is 36.9 Å². The minimum absolute atomic E-state index is 0.0180. The Balaban J connectivity index is 2.58. The first-order chi connectivity index (χ1) is 9.65.